The molecule has 1 aromatic carbocycles. The first-order valence-corrected chi connectivity index (χ1v) is 9.62. The van der Waals surface area contributed by atoms with Crippen LogP contribution in [0.1, 0.15) is 49.4 Å². The summed E-state index contributed by atoms with van der Waals surface area (Å²) in [5.41, 5.74) is 2.59. The molecule has 138 valence electrons. The van der Waals surface area contributed by atoms with Gasteiger partial charge in [-0.15, -0.1) is 0 Å². The number of nitrogens with one attached hydrogen (secondary N) is 2. The Bertz CT molecular complexity index is 691. The molecule has 0 spiro atoms. The molecule has 0 bridgehead atoms. The van der Waals surface area contributed by atoms with Crippen LogP contribution in [0.25, 0.3) is 0 Å². The minimum atomic E-state index is -0.135. The fourth-order valence-corrected chi connectivity index (χ4v) is 3.16. The van der Waals surface area contributed by atoms with Crippen LogP contribution in [-0.4, -0.2) is 30.5 Å². The van der Waals surface area contributed by atoms with Crippen molar-refractivity contribution in [3.63, 3.8) is 0 Å². The first kappa shape index (κ1) is 18.2. The largest absolute Gasteiger partial charge is 0.372 e. The molecule has 0 unspecified atom stereocenters. The standard InChI is InChI=1S/C21H28N4O/c1-2-3-4-13-22-20-12-7-17(16-23-20)21(26)24-18-8-10-19(11-9-18)25-14-5-6-15-25/h7-12,16H,2-6,13-15H2,1H3,(H,22,23)(H,24,26). The summed E-state index contributed by atoms with van der Waals surface area (Å²) in [6, 6.07) is 11.7. The Hall–Kier alpha value is -2.56. The van der Waals surface area contributed by atoms with Crippen molar-refractivity contribution >= 4 is 23.1 Å². The fraction of sp³-hybridized carbons (Fsp3) is 0.429. The number of carbonyl (C=O) groups is 1. The lowest BCUT2D eigenvalue weighted by Gasteiger charge is -2.17. The number of amides is 1. The van der Waals surface area contributed by atoms with Crippen molar-refractivity contribution in [3.05, 3.63) is 48.2 Å². The average molecular weight is 352 g/mol. The van der Waals surface area contributed by atoms with Gasteiger partial charge in [-0.1, -0.05) is 19.8 Å². The van der Waals surface area contributed by atoms with E-state index in [1.807, 2.05) is 24.3 Å². The zero-order valence-electron chi connectivity index (χ0n) is 15.5. The molecule has 1 fully saturated rings. The molecule has 1 aliphatic heterocycles. The molecule has 5 heteroatoms. The van der Waals surface area contributed by atoms with E-state index >= 15 is 0 Å². The van der Waals surface area contributed by atoms with Gasteiger partial charge in [-0.05, 0) is 55.7 Å². The van der Waals surface area contributed by atoms with Crippen LogP contribution in [0.5, 0.6) is 0 Å². The third-order valence-corrected chi connectivity index (χ3v) is 4.71. The van der Waals surface area contributed by atoms with Gasteiger partial charge in [0.05, 0.1) is 5.56 Å². The molecule has 2 aromatic rings. The van der Waals surface area contributed by atoms with Gasteiger partial charge < -0.3 is 15.5 Å². The lowest BCUT2D eigenvalue weighted by molar-refractivity contribution is 0.102. The number of pyridine rings is 1. The minimum Gasteiger partial charge on any atom is -0.372 e. The molecule has 2 heterocycles. The van der Waals surface area contributed by atoms with Gasteiger partial charge in [0, 0.05) is 37.2 Å². The van der Waals surface area contributed by atoms with E-state index in [0.717, 1.165) is 37.6 Å². The molecular formula is C21H28N4O. The number of benzene rings is 1. The average Bonchev–Trinajstić information content (AvgIpc) is 3.21. The van der Waals surface area contributed by atoms with Crippen molar-refractivity contribution < 1.29 is 4.79 Å². The highest BCUT2D eigenvalue weighted by Gasteiger charge is 2.12. The molecule has 0 saturated carbocycles. The van der Waals surface area contributed by atoms with E-state index in [9.17, 15) is 4.79 Å². The van der Waals surface area contributed by atoms with Crippen molar-refractivity contribution in [2.75, 3.05) is 35.2 Å². The van der Waals surface area contributed by atoms with Crippen molar-refractivity contribution in [1.82, 2.24) is 4.98 Å². The molecule has 1 aromatic heterocycles. The van der Waals surface area contributed by atoms with Crippen LogP contribution in [0, 0.1) is 0 Å². The molecule has 2 N–H and O–H groups in total. The summed E-state index contributed by atoms with van der Waals surface area (Å²) in [6.45, 7) is 5.34. The first-order valence-electron chi connectivity index (χ1n) is 9.62. The fourth-order valence-electron chi connectivity index (χ4n) is 3.16. The summed E-state index contributed by atoms with van der Waals surface area (Å²) < 4.78 is 0. The Labute approximate surface area is 155 Å². The smallest absolute Gasteiger partial charge is 0.257 e. The lowest BCUT2D eigenvalue weighted by atomic mass is 10.2. The van der Waals surface area contributed by atoms with Crippen LogP contribution in [0.15, 0.2) is 42.6 Å². The highest BCUT2D eigenvalue weighted by Crippen LogP contribution is 2.22. The normalized spacial score (nSPS) is 13.7. The van der Waals surface area contributed by atoms with E-state index in [-0.39, 0.29) is 5.91 Å². The number of unbranched alkanes of at least 4 members (excludes halogenated alkanes) is 2. The number of hydrogen-bond acceptors (Lipinski definition) is 4. The lowest BCUT2D eigenvalue weighted by Crippen LogP contribution is -2.17. The molecule has 26 heavy (non-hydrogen) atoms. The second-order valence-corrected chi connectivity index (χ2v) is 6.76. The van der Waals surface area contributed by atoms with Gasteiger partial charge in [0.2, 0.25) is 0 Å². The second-order valence-electron chi connectivity index (χ2n) is 6.76. The zero-order valence-corrected chi connectivity index (χ0v) is 15.5. The highest BCUT2D eigenvalue weighted by atomic mass is 16.1. The van der Waals surface area contributed by atoms with Gasteiger partial charge in [-0.2, -0.15) is 0 Å². The van der Waals surface area contributed by atoms with Crippen LogP contribution >= 0.6 is 0 Å². The van der Waals surface area contributed by atoms with E-state index in [2.05, 4.69) is 39.6 Å². The number of anilines is 3. The van der Waals surface area contributed by atoms with Crippen LogP contribution in [0.2, 0.25) is 0 Å². The first-order chi connectivity index (χ1) is 12.8. The highest BCUT2D eigenvalue weighted by molar-refractivity contribution is 6.04. The third kappa shape index (κ3) is 4.97. The van der Waals surface area contributed by atoms with E-state index in [0.29, 0.717) is 5.56 Å². The Balaban J connectivity index is 1.52. The monoisotopic (exact) mass is 352 g/mol. The maximum Gasteiger partial charge on any atom is 0.257 e. The van der Waals surface area contributed by atoms with E-state index < -0.39 is 0 Å². The van der Waals surface area contributed by atoms with Crippen molar-refractivity contribution in [3.8, 4) is 0 Å². The van der Waals surface area contributed by atoms with Gasteiger partial charge >= 0.3 is 0 Å². The topological polar surface area (TPSA) is 57.3 Å². The Kier molecular flexibility index (Phi) is 6.47. The zero-order chi connectivity index (χ0) is 18.2. The third-order valence-electron chi connectivity index (χ3n) is 4.71. The SMILES string of the molecule is CCCCCNc1ccc(C(=O)Nc2ccc(N3CCCC3)cc2)cn1. The summed E-state index contributed by atoms with van der Waals surface area (Å²) in [4.78, 5) is 19.1. The van der Waals surface area contributed by atoms with E-state index in [1.165, 1.54) is 31.4 Å². The van der Waals surface area contributed by atoms with Crippen molar-refractivity contribution in [2.45, 2.75) is 39.0 Å². The van der Waals surface area contributed by atoms with Crippen LogP contribution in [-0.2, 0) is 0 Å². The quantitative estimate of drug-likeness (QED) is 0.685. The summed E-state index contributed by atoms with van der Waals surface area (Å²) in [5, 5.41) is 6.22. The molecule has 1 aliphatic rings. The van der Waals surface area contributed by atoms with Gasteiger partial charge in [0.15, 0.2) is 0 Å². The van der Waals surface area contributed by atoms with Gasteiger partial charge in [-0.25, -0.2) is 4.98 Å². The Morgan fingerprint density at radius 2 is 1.85 bits per heavy atom. The van der Waals surface area contributed by atoms with Gasteiger partial charge in [0.1, 0.15) is 5.82 Å². The van der Waals surface area contributed by atoms with E-state index in [1.54, 1.807) is 6.20 Å². The predicted octanol–water partition coefficient (Wildman–Crippen LogP) is 4.54. The summed E-state index contributed by atoms with van der Waals surface area (Å²) >= 11 is 0. The maximum absolute atomic E-state index is 12.4. The summed E-state index contributed by atoms with van der Waals surface area (Å²) in [5.74, 6) is 0.677. The molecule has 1 saturated heterocycles. The van der Waals surface area contributed by atoms with Gasteiger partial charge in [0.25, 0.3) is 5.91 Å². The minimum absolute atomic E-state index is 0.135. The second kappa shape index (κ2) is 9.22. The van der Waals surface area contributed by atoms with Gasteiger partial charge in [-0.3, -0.25) is 4.79 Å². The number of rotatable bonds is 8. The summed E-state index contributed by atoms with van der Waals surface area (Å²) in [7, 11) is 0. The van der Waals surface area contributed by atoms with Crippen LogP contribution in [0.4, 0.5) is 17.2 Å². The van der Waals surface area contributed by atoms with Crippen molar-refractivity contribution in [2.24, 2.45) is 0 Å². The molecule has 0 atom stereocenters. The maximum atomic E-state index is 12.4. The molecule has 5 nitrogen and oxygen atoms in total. The number of nitrogens with zero attached hydrogens (tertiary/aromatic N) is 2. The predicted molar refractivity (Wildman–Crippen MR) is 108 cm³/mol. The molecule has 1 amide bonds. The molecule has 0 aliphatic carbocycles. The molecular weight excluding hydrogens is 324 g/mol. The van der Waals surface area contributed by atoms with Crippen molar-refractivity contribution in [1.29, 1.82) is 0 Å². The van der Waals surface area contributed by atoms with E-state index in [4.69, 9.17) is 0 Å². The number of carbonyl (C=O) groups excluding carboxylic acids is 1. The summed E-state index contributed by atoms with van der Waals surface area (Å²) in [6.07, 6.45) is 7.69. The Morgan fingerprint density at radius 3 is 2.50 bits per heavy atom. The number of aromatic nitrogens is 1. The van der Waals surface area contributed by atoms with Crippen LogP contribution < -0.4 is 15.5 Å². The Morgan fingerprint density at radius 1 is 1.08 bits per heavy atom. The number of hydrogen-bond donors (Lipinski definition) is 2. The molecule has 0 radical (unpaired) electrons. The molecule has 3 rings (SSSR count). The van der Waals surface area contributed by atoms with Crippen LogP contribution in [0.3, 0.4) is 0 Å².